The Labute approximate surface area is 142 Å². The fourth-order valence-electron chi connectivity index (χ4n) is 1.01. The smallest absolute Gasteiger partial charge is 0.549 e. The van der Waals surface area contributed by atoms with E-state index in [0.717, 1.165) is 0 Å². The second kappa shape index (κ2) is 8.53. The molecule has 0 unspecified atom stereocenters. The van der Waals surface area contributed by atoms with Crippen LogP contribution < -0.4 is 80.5 Å². The van der Waals surface area contributed by atoms with E-state index in [1.54, 1.807) is 18.2 Å². The van der Waals surface area contributed by atoms with Gasteiger partial charge in [0.1, 0.15) is 0 Å². The van der Waals surface area contributed by atoms with E-state index in [1.807, 2.05) is 0 Å². The maximum atomic E-state index is 10.4. The van der Waals surface area contributed by atoms with E-state index in [-0.39, 0.29) is 75.8 Å². The van der Waals surface area contributed by atoms with E-state index in [4.69, 9.17) is 0 Å². The van der Waals surface area contributed by atoms with Gasteiger partial charge in [0.05, 0.1) is 17.9 Å². The first-order valence-corrected chi connectivity index (χ1v) is 3.59. The number of carbonyl (C=O) groups excluding carboxylic acids is 2. The Kier molecular flexibility index (Phi) is 10.1. The number of carbonyl (C=O) groups is 2. The van der Waals surface area contributed by atoms with Crippen LogP contribution in [0.2, 0.25) is 0 Å². The van der Waals surface area contributed by atoms with E-state index in [9.17, 15) is 19.8 Å². The molecule has 0 atom stereocenters. The van der Waals surface area contributed by atoms with Crippen LogP contribution in [-0.4, -0.2) is 11.9 Å². The number of hydrogen-bond donors (Lipinski definition) is 0. The minimum atomic E-state index is -1.69. The van der Waals surface area contributed by atoms with E-state index in [2.05, 4.69) is 0 Å². The summed E-state index contributed by atoms with van der Waals surface area (Å²) in [5.74, 6) is -5.02. The predicted molar refractivity (Wildman–Crippen MR) is 39.2 cm³/mol. The monoisotopic (exact) mass is 224 g/mol. The molecule has 0 radical (unpaired) electrons. The van der Waals surface area contributed by atoms with Gasteiger partial charge in [-0.3, -0.25) is 0 Å². The maximum absolute atomic E-state index is 10.4. The quantitative estimate of drug-likeness (QED) is 0.377. The number of aliphatic carboxylic acids is 2. The second-order valence-electron chi connectivity index (χ2n) is 2.48. The Morgan fingerprint density at radius 2 is 1.40 bits per heavy atom. The Hall–Kier alpha value is 0.394. The van der Waals surface area contributed by atoms with Crippen LogP contribution >= 0.6 is 0 Å². The summed E-state index contributed by atoms with van der Waals surface area (Å²) in [6.07, 6.45) is 0. The third-order valence-electron chi connectivity index (χ3n) is 1.60. The molecule has 0 saturated heterocycles. The van der Waals surface area contributed by atoms with E-state index >= 15 is 0 Å². The molecule has 0 aliphatic carbocycles. The van der Waals surface area contributed by atoms with Crippen molar-refractivity contribution in [3.63, 3.8) is 0 Å². The van der Waals surface area contributed by atoms with Crippen molar-refractivity contribution in [3.8, 4) is 0 Å². The summed E-state index contributed by atoms with van der Waals surface area (Å²) in [5.41, 5.74) is 0.155. The van der Waals surface area contributed by atoms with Crippen LogP contribution in [0.1, 0.15) is 11.5 Å². The Morgan fingerprint density at radius 3 is 1.73 bits per heavy atom. The van der Waals surface area contributed by atoms with Crippen molar-refractivity contribution in [2.75, 3.05) is 0 Å². The third kappa shape index (κ3) is 5.32. The van der Waals surface area contributed by atoms with Crippen molar-refractivity contribution in [2.45, 2.75) is 5.92 Å². The van der Waals surface area contributed by atoms with E-state index < -0.39 is 17.9 Å². The second-order valence-corrected chi connectivity index (χ2v) is 2.48. The van der Waals surface area contributed by atoms with Gasteiger partial charge in [-0.15, -0.1) is 0 Å². The molecule has 0 aliphatic rings. The molecule has 4 nitrogen and oxygen atoms in total. The summed E-state index contributed by atoms with van der Waals surface area (Å²) in [6.45, 7) is 0. The molecule has 0 aromatic heterocycles. The van der Waals surface area contributed by atoms with Gasteiger partial charge in [-0.2, -0.15) is 0 Å². The fraction of sp³-hybridized carbons (Fsp3) is 0.111. The van der Waals surface area contributed by atoms with Crippen LogP contribution in [0.5, 0.6) is 0 Å². The Morgan fingerprint density at radius 1 is 1.00 bits per heavy atom. The van der Waals surface area contributed by atoms with Gasteiger partial charge in [0.2, 0.25) is 0 Å². The van der Waals surface area contributed by atoms with Gasteiger partial charge in [-0.25, -0.2) is 0 Å². The Bertz CT molecular complexity index is 314. The summed E-state index contributed by atoms with van der Waals surface area (Å²) in [5, 5.41) is 20.8. The SMILES string of the molecule is O=C([O-])C(C(=O)[O-])c1ccccc1.[K+].[Li+]. The predicted octanol–water partition coefficient (Wildman–Crippen LogP) is -7.72. The summed E-state index contributed by atoms with van der Waals surface area (Å²) in [7, 11) is 0. The van der Waals surface area contributed by atoms with Gasteiger partial charge in [0.15, 0.2) is 0 Å². The summed E-state index contributed by atoms with van der Waals surface area (Å²) < 4.78 is 0. The topological polar surface area (TPSA) is 80.3 Å². The van der Waals surface area contributed by atoms with E-state index in [0.29, 0.717) is 0 Å². The molecule has 0 N–H and O–H groups in total. The van der Waals surface area contributed by atoms with Crippen molar-refractivity contribution in [3.05, 3.63) is 35.9 Å². The molecule has 1 aromatic rings. The number of carboxylic acids is 2. The van der Waals surface area contributed by atoms with Gasteiger partial charge >= 0.3 is 70.2 Å². The van der Waals surface area contributed by atoms with Crippen LogP contribution in [0.4, 0.5) is 0 Å². The molecule has 6 heteroatoms. The summed E-state index contributed by atoms with van der Waals surface area (Å²) in [6, 6.07) is 7.56. The van der Waals surface area contributed by atoms with E-state index in [1.165, 1.54) is 12.1 Å². The average molecular weight is 224 g/mol. The molecule has 0 amide bonds. The molecule has 1 aromatic carbocycles. The third-order valence-corrected chi connectivity index (χ3v) is 1.60. The normalized spacial score (nSPS) is 8.60. The van der Waals surface area contributed by atoms with Crippen LogP contribution in [0, 0.1) is 0 Å². The van der Waals surface area contributed by atoms with Crippen LogP contribution in [0.25, 0.3) is 0 Å². The molecular formula is C9H6KLiO4. The standard InChI is InChI=1S/C9H8O4.K.Li/c10-8(11)7(9(12)13)6-4-2-1-3-5-6;;/h1-5,7H,(H,10,11)(H,12,13);;/q;2*+1/p-2. The molecule has 68 valence electrons. The Balaban J connectivity index is 0. The average Bonchev–Trinajstić information content (AvgIpc) is 2.04. The minimum absolute atomic E-state index is 0. The van der Waals surface area contributed by atoms with Crippen LogP contribution in [-0.2, 0) is 9.59 Å². The van der Waals surface area contributed by atoms with Crippen molar-refractivity contribution >= 4 is 11.9 Å². The number of carboxylic acid groups (broad SMARTS) is 2. The van der Waals surface area contributed by atoms with Crippen molar-refractivity contribution in [2.24, 2.45) is 0 Å². The zero-order valence-corrected chi connectivity index (χ0v) is 11.7. The summed E-state index contributed by atoms with van der Waals surface area (Å²) >= 11 is 0. The molecule has 0 bridgehead atoms. The van der Waals surface area contributed by atoms with Gasteiger partial charge in [-0.1, -0.05) is 30.3 Å². The molecule has 15 heavy (non-hydrogen) atoms. The van der Waals surface area contributed by atoms with Crippen molar-refractivity contribution in [1.29, 1.82) is 0 Å². The number of benzene rings is 1. The van der Waals surface area contributed by atoms with Gasteiger partial charge in [0.25, 0.3) is 0 Å². The molecule has 0 fully saturated rings. The fourth-order valence-corrected chi connectivity index (χ4v) is 1.01. The van der Waals surface area contributed by atoms with Gasteiger partial charge < -0.3 is 19.8 Å². The van der Waals surface area contributed by atoms with Gasteiger partial charge in [-0.05, 0) is 5.56 Å². The van der Waals surface area contributed by atoms with Gasteiger partial charge in [0, 0.05) is 0 Å². The maximum Gasteiger partial charge on any atom is 1.00 e. The molecule has 0 heterocycles. The number of hydrogen-bond acceptors (Lipinski definition) is 4. The molecular weight excluding hydrogens is 218 g/mol. The molecule has 0 spiro atoms. The molecule has 0 aliphatic heterocycles. The zero-order chi connectivity index (χ0) is 9.84. The largest absolute Gasteiger partial charge is 1.00 e. The summed E-state index contributed by atoms with van der Waals surface area (Å²) in [4.78, 5) is 20.8. The van der Waals surface area contributed by atoms with Crippen molar-refractivity contribution in [1.82, 2.24) is 0 Å². The first-order valence-electron chi connectivity index (χ1n) is 3.59. The van der Waals surface area contributed by atoms with Crippen molar-refractivity contribution < 1.29 is 90.0 Å². The number of rotatable bonds is 3. The molecule has 0 saturated carbocycles. The zero-order valence-electron chi connectivity index (χ0n) is 8.60. The minimum Gasteiger partial charge on any atom is -0.549 e. The molecule has 1 rings (SSSR count). The first-order chi connectivity index (χ1) is 6.13. The van der Waals surface area contributed by atoms with Crippen LogP contribution in [0.3, 0.4) is 0 Å². The van der Waals surface area contributed by atoms with Crippen LogP contribution in [0.15, 0.2) is 30.3 Å². The first kappa shape index (κ1) is 17.8.